The predicted molar refractivity (Wildman–Crippen MR) is 86.0 cm³/mol. The summed E-state index contributed by atoms with van der Waals surface area (Å²) in [4.78, 5) is 1.32. The van der Waals surface area contributed by atoms with Gasteiger partial charge in [-0.15, -0.1) is 11.8 Å². The molecule has 0 amide bonds. The van der Waals surface area contributed by atoms with Crippen LogP contribution in [0, 0.1) is 0 Å². The third-order valence-corrected chi connectivity index (χ3v) is 6.90. The van der Waals surface area contributed by atoms with Gasteiger partial charge in [0.15, 0.2) is 9.84 Å². The van der Waals surface area contributed by atoms with Gasteiger partial charge in [-0.2, -0.15) is 0 Å². The quantitative estimate of drug-likeness (QED) is 0.930. The maximum atomic E-state index is 12.4. The maximum absolute atomic E-state index is 12.4. The lowest BCUT2D eigenvalue weighted by molar-refractivity contribution is 0.273. The molecule has 1 unspecified atom stereocenters. The van der Waals surface area contributed by atoms with Gasteiger partial charge in [-0.25, -0.2) is 8.42 Å². The van der Waals surface area contributed by atoms with E-state index < -0.39 is 9.84 Å². The van der Waals surface area contributed by atoms with E-state index >= 15 is 0 Å². The Hall–Kier alpha value is -1.50. The molecule has 6 heteroatoms. The fourth-order valence-electron chi connectivity index (χ4n) is 2.70. The molecule has 0 saturated carbocycles. The Bertz CT molecular complexity index is 785. The number of benzene rings is 2. The van der Waals surface area contributed by atoms with Crippen LogP contribution in [0.3, 0.4) is 0 Å². The van der Waals surface area contributed by atoms with E-state index in [9.17, 15) is 13.5 Å². The molecule has 1 aliphatic heterocycles. The van der Waals surface area contributed by atoms with Gasteiger partial charge < -0.3 is 9.84 Å². The molecule has 2 aromatic carbocycles. The van der Waals surface area contributed by atoms with Crippen molar-refractivity contribution in [2.75, 3.05) is 12.9 Å². The first kappa shape index (κ1) is 15.4. The van der Waals surface area contributed by atoms with Gasteiger partial charge in [-0.1, -0.05) is 24.3 Å². The molecule has 0 radical (unpaired) electrons. The molecule has 1 N–H and O–H groups in total. The van der Waals surface area contributed by atoms with Gasteiger partial charge in [0.2, 0.25) is 0 Å². The summed E-state index contributed by atoms with van der Waals surface area (Å²) in [6, 6.07) is 12.9. The van der Waals surface area contributed by atoms with Crippen molar-refractivity contribution in [1.82, 2.24) is 0 Å². The van der Waals surface area contributed by atoms with Crippen LogP contribution in [0.25, 0.3) is 0 Å². The van der Waals surface area contributed by atoms with Gasteiger partial charge in [0.05, 0.1) is 29.6 Å². The highest BCUT2D eigenvalue weighted by atomic mass is 32.2. The van der Waals surface area contributed by atoms with Gasteiger partial charge >= 0.3 is 0 Å². The number of aliphatic hydroxyl groups excluding tert-OH is 1. The summed E-state index contributed by atoms with van der Waals surface area (Å²) in [6.07, 6.45) is 0. The Morgan fingerprint density at radius 1 is 1.23 bits per heavy atom. The summed E-state index contributed by atoms with van der Waals surface area (Å²) in [7, 11) is -1.81. The molecule has 0 aliphatic carbocycles. The second kappa shape index (κ2) is 5.95. The molecule has 3 rings (SSSR count). The molecule has 1 aliphatic rings. The van der Waals surface area contributed by atoms with Crippen molar-refractivity contribution in [3.8, 4) is 5.75 Å². The molecule has 4 nitrogen and oxygen atoms in total. The number of rotatable bonds is 4. The van der Waals surface area contributed by atoms with Crippen LogP contribution in [0.2, 0.25) is 0 Å². The SMILES string of the molecule is COc1c(CO)ccc2c1C(Sc1ccccc1)CS2(=O)=O. The zero-order valence-corrected chi connectivity index (χ0v) is 13.7. The van der Waals surface area contributed by atoms with Crippen LogP contribution in [0.1, 0.15) is 16.4 Å². The van der Waals surface area contributed by atoms with Gasteiger partial charge in [-0.05, 0) is 18.2 Å². The first-order valence-corrected chi connectivity index (χ1v) is 9.35. The monoisotopic (exact) mass is 336 g/mol. The number of sulfone groups is 1. The number of thioether (sulfide) groups is 1. The molecular weight excluding hydrogens is 320 g/mol. The van der Waals surface area contributed by atoms with Crippen LogP contribution in [0.5, 0.6) is 5.75 Å². The minimum atomic E-state index is -3.31. The van der Waals surface area contributed by atoms with Crippen molar-refractivity contribution >= 4 is 21.6 Å². The van der Waals surface area contributed by atoms with Crippen LogP contribution in [-0.2, 0) is 16.4 Å². The number of hydrogen-bond acceptors (Lipinski definition) is 5. The second-order valence-corrected chi connectivity index (χ2v) is 8.31. The van der Waals surface area contributed by atoms with E-state index in [1.165, 1.54) is 18.9 Å². The first-order valence-electron chi connectivity index (χ1n) is 6.82. The van der Waals surface area contributed by atoms with E-state index in [0.29, 0.717) is 21.8 Å². The maximum Gasteiger partial charge on any atom is 0.180 e. The third-order valence-electron chi connectivity index (χ3n) is 3.66. The highest BCUT2D eigenvalue weighted by molar-refractivity contribution is 8.01. The van der Waals surface area contributed by atoms with E-state index in [1.807, 2.05) is 30.3 Å². The molecule has 0 bridgehead atoms. The number of ether oxygens (including phenoxy) is 1. The second-order valence-electron chi connectivity index (χ2n) is 5.03. The van der Waals surface area contributed by atoms with Crippen LogP contribution in [0.15, 0.2) is 52.3 Å². The van der Waals surface area contributed by atoms with E-state index in [1.54, 1.807) is 12.1 Å². The molecule has 0 spiro atoms. The van der Waals surface area contributed by atoms with E-state index in [0.717, 1.165) is 4.90 Å². The van der Waals surface area contributed by atoms with Crippen molar-refractivity contribution in [2.45, 2.75) is 21.6 Å². The van der Waals surface area contributed by atoms with Crippen LogP contribution < -0.4 is 4.74 Å². The Balaban J connectivity index is 2.10. The Morgan fingerprint density at radius 2 is 1.95 bits per heavy atom. The summed E-state index contributed by atoms with van der Waals surface area (Å²) in [5, 5.41) is 9.22. The van der Waals surface area contributed by atoms with Crippen molar-refractivity contribution in [2.24, 2.45) is 0 Å². The van der Waals surface area contributed by atoms with Crippen molar-refractivity contribution < 1.29 is 18.3 Å². The van der Waals surface area contributed by atoms with E-state index in [-0.39, 0.29) is 17.6 Å². The molecule has 1 heterocycles. The average molecular weight is 336 g/mol. The average Bonchev–Trinajstić information content (AvgIpc) is 2.78. The molecule has 22 heavy (non-hydrogen) atoms. The van der Waals surface area contributed by atoms with Crippen molar-refractivity contribution in [1.29, 1.82) is 0 Å². The number of hydrogen-bond donors (Lipinski definition) is 1. The van der Waals surface area contributed by atoms with Crippen LogP contribution >= 0.6 is 11.8 Å². The third kappa shape index (κ3) is 2.62. The largest absolute Gasteiger partial charge is 0.496 e. The fraction of sp³-hybridized carbons (Fsp3) is 0.250. The Labute approximate surface area is 134 Å². The van der Waals surface area contributed by atoms with Gasteiger partial charge in [-0.3, -0.25) is 0 Å². The normalized spacial score (nSPS) is 18.9. The number of fused-ring (bicyclic) bond motifs is 1. The van der Waals surface area contributed by atoms with E-state index in [4.69, 9.17) is 4.74 Å². The predicted octanol–water partition coefficient (Wildman–Crippen LogP) is 2.81. The summed E-state index contributed by atoms with van der Waals surface area (Å²) in [5.41, 5.74) is 1.28. The number of methoxy groups -OCH3 is 1. The smallest absolute Gasteiger partial charge is 0.180 e. The van der Waals surface area contributed by atoms with Gasteiger partial charge in [0, 0.05) is 16.0 Å². The molecule has 0 saturated heterocycles. The fourth-order valence-corrected chi connectivity index (χ4v) is 6.17. The molecular formula is C16H16O4S2. The topological polar surface area (TPSA) is 63.6 Å². The highest BCUT2D eigenvalue weighted by Gasteiger charge is 2.38. The Kier molecular flexibility index (Phi) is 4.16. The first-order chi connectivity index (χ1) is 10.6. The van der Waals surface area contributed by atoms with Crippen molar-refractivity contribution in [3.63, 3.8) is 0 Å². The summed E-state index contributed by atoms with van der Waals surface area (Å²) < 4.78 is 30.2. The van der Waals surface area contributed by atoms with E-state index in [2.05, 4.69) is 0 Å². The molecule has 1 atom stereocenters. The number of aliphatic hydroxyl groups is 1. The molecule has 116 valence electrons. The van der Waals surface area contributed by atoms with Gasteiger partial charge in [0.1, 0.15) is 5.75 Å². The standard InChI is InChI=1S/C16H16O4S2/c1-20-16-11(9-17)7-8-14-15(16)13(10-22(14,18)19)21-12-5-3-2-4-6-12/h2-8,13,17H,9-10H2,1H3. The van der Waals surface area contributed by atoms with Crippen molar-refractivity contribution in [3.05, 3.63) is 53.6 Å². The van der Waals surface area contributed by atoms with Gasteiger partial charge in [0.25, 0.3) is 0 Å². The minimum absolute atomic E-state index is 0.0487. The summed E-state index contributed by atoms with van der Waals surface area (Å²) in [6.45, 7) is -0.181. The molecule has 2 aromatic rings. The summed E-state index contributed by atoms with van der Waals surface area (Å²) >= 11 is 1.50. The minimum Gasteiger partial charge on any atom is -0.496 e. The molecule has 0 fully saturated rings. The van der Waals surface area contributed by atoms with Crippen LogP contribution in [0.4, 0.5) is 0 Å². The lowest BCUT2D eigenvalue weighted by Crippen LogP contribution is -2.01. The Morgan fingerprint density at radius 3 is 2.59 bits per heavy atom. The lowest BCUT2D eigenvalue weighted by atomic mass is 10.1. The zero-order valence-electron chi connectivity index (χ0n) is 12.0. The lowest BCUT2D eigenvalue weighted by Gasteiger charge is -2.16. The summed E-state index contributed by atoms with van der Waals surface area (Å²) in [5.74, 6) is 0.530. The zero-order chi connectivity index (χ0) is 15.7. The molecule has 0 aromatic heterocycles. The highest BCUT2D eigenvalue weighted by Crippen LogP contribution is 2.49. The van der Waals surface area contributed by atoms with Crippen LogP contribution in [-0.4, -0.2) is 26.4 Å².